The van der Waals surface area contributed by atoms with Crippen molar-refractivity contribution >= 4 is 29.2 Å². The van der Waals surface area contributed by atoms with E-state index in [4.69, 9.17) is 4.74 Å². The quantitative estimate of drug-likeness (QED) is 0.754. The first-order valence-corrected chi connectivity index (χ1v) is 9.19. The highest BCUT2D eigenvalue weighted by Crippen LogP contribution is 2.11. The fraction of sp³-hybridized carbons (Fsp3) is 0.529. The molecule has 2 aliphatic rings. The molecule has 7 heteroatoms. The largest absolute Gasteiger partial charge is 0.378 e. The lowest BCUT2D eigenvalue weighted by Crippen LogP contribution is -2.52. The standard InChI is InChI=1S/C17H23N3O3S/c21-16(4-3-15-2-1-13-24-15)19-7-5-18(6-8-19)14-17(22)20-9-11-23-12-10-20/h1-4,13H,5-12,14H2/b4-3+. The molecule has 24 heavy (non-hydrogen) atoms. The van der Waals surface area contributed by atoms with Crippen LogP contribution >= 0.6 is 11.3 Å². The average Bonchev–Trinajstić information content (AvgIpc) is 3.14. The van der Waals surface area contributed by atoms with Crippen molar-refractivity contribution in [1.82, 2.24) is 14.7 Å². The molecule has 1 aromatic heterocycles. The maximum absolute atomic E-state index is 12.3. The lowest BCUT2D eigenvalue weighted by atomic mass is 10.2. The van der Waals surface area contributed by atoms with Crippen LogP contribution in [-0.2, 0) is 14.3 Å². The van der Waals surface area contributed by atoms with Gasteiger partial charge < -0.3 is 14.5 Å². The summed E-state index contributed by atoms with van der Waals surface area (Å²) in [5.41, 5.74) is 0. The Labute approximate surface area is 146 Å². The lowest BCUT2D eigenvalue weighted by molar-refractivity contribution is -0.137. The van der Waals surface area contributed by atoms with Gasteiger partial charge in [-0.25, -0.2) is 0 Å². The first-order chi connectivity index (χ1) is 11.7. The molecule has 2 amide bonds. The second-order valence-corrected chi connectivity index (χ2v) is 6.92. The van der Waals surface area contributed by atoms with Crippen LogP contribution in [0.3, 0.4) is 0 Å². The Hall–Kier alpha value is -1.70. The number of carbonyl (C=O) groups is 2. The van der Waals surface area contributed by atoms with Crippen LogP contribution in [0.2, 0.25) is 0 Å². The van der Waals surface area contributed by atoms with Crippen LogP contribution in [0.5, 0.6) is 0 Å². The van der Waals surface area contributed by atoms with E-state index in [0.717, 1.165) is 18.0 Å². The number of rotatable bonds is 4. The Bertz CT molecular complexity index is 574. The van der Waals surface area contributed by atoms with Crippen LogP contribution in [0, 0.1) is 0 Å². The van der Waals surface area contributed by atoms with Gasteiger partial charge in [0.1, 0.15) is 0 Å². The van der Waals surface area contributed by atoms with Gasteiger partial charge in [0.05, 0.1) is 19.8 Å². The van der Waals surface area contributed by atoms with Gasteiger partial charge in [-0.1, -0.05) is 6.07 Å². The highest BCUT2D eigenvalue weighted by molar-refractivity contribution is 7.10. The van der Waals surface area contributed by atoms with Crippen LogP contribution in [0.1, 0.15) is 4.88 Å². The summed E-state index contributed by atoms with van der Waals surface area (Å²) in [6, 6.07) is 3.96. The number of hydrogen-bond donors (Lipinski definition) is 0. The van der Waals surface area contributed by atoms with E-state index in [-0.39, 0.29) is 11.8 Å². The van der Waals surface area contributed by atoms with Crippen molar-refractivity contribution in [2.75, 3.05) is 59.0 Å². The first kappa shape index (κ1) is 17.1. The Morgan fingerprint density at radius 3 is 2.50 bits per heavy atom. The second-order valence-electron chi connectivity index (χ2n) is 5.94. The fourth-order valence-electron chi connectivity index (χ4n) is 2.88. The summed E-state index contributed by atoms with van der Waals surface area (Å²) in [6.07, 6.45) is 3.50. The van der Waals surface area contributed by atoms with Gasteiger partial charge in [0.2, 0.25) is 11.8 Å². The Kier molecular flexibility index (Phi) is 6.01. The number of morpholine rings is 1. The molecular formula is C17H23N3O3S. The van der Waals surface area contributed by atoms with Gasteiger partial charge in [0, 0.05) is 50.2 Å². The molecule has 0 bridgehead atoms. The molecule has 0 saturated carbocycles. The Morgan fingerprint density at radius 1 is 1.08 bits per heavy atom. The summed E-state index contributed by atoms with van der Waals surface area (Å²) < 4.78 is 5.27. The molecule has 2 saturated heterocycles. The molecule has 0 aliphatic carbocycles. The number of thiophene rings is 1. The third-order valence-electron chi connectivity index (χ3n) is 4.34. The van der Waals surface area contributed by atoms with E-state index in [2.05, 4.69) is 4.90 Å². The summed E-state index contributed by atoms with van der Waals surface area (Å²) in [7, 11) is 0. The number of carbonyl (C=O) groups excluding carboxylic acids is 2. The minimum absolute atomic E-state index is 0.0440. The molecular weight excluding hydrogens is 326 g/mol. The van der Waals surface area contributed by atoms with Gasteiger partial charge in [-0.3, -0.25) is 14.5 Å². The number of piperazine rings is 1. The summed E-state index contributed by atoms with van der Waals surface area (Å²) in [5.74, 6) is 0.207. The predicted molar refractivity (Wildman–Crippen MR) is 93.8 cm³/mol. The van der Waals surface area contributed by atoms with Crippen LogP contribution < -0.4 is 0 Å². The van der Waals surface area contributed by atoms with Crippen molar-refractivity contribution in [3.63, 3.8) is 0 Å². The van der Waals surface area contributed by atoms with Crippen molar-refractivity contribution in [3.05, 3.63) is 28.5 Å². The third kappa shape index (κ3) is 4.66. The zero-order valence-corrected chi connectivity index (χ0v) is 14.5. The van der Waals surface area contributed by atoms with Crippen molar-refractivity contribution in [3.8, 4) is 0 Å². The number of amides is 2. The molecule has 0 atom stereocenters. The summed E-state index contributed by atoms with van der Waals surface area (Å²) in [5, 5.41) is 1.99. The minimum atomic E-state index is 0.0440. The maximum Gasteiger partial charge on any atom is 0.246 e. The Balaban J connectivity index is 1.42. The predicted octanol–water partition coefficient (Wildman–Crippen LogP) is 0.764. The van der Waals surface area contributed by atoms with Crippen LogP contribution in [0.4, 0.5) is 0 Å². The van der Waals surface area contributed by atoms with Crippen molar-refractivity contribution in [2.45, 2.75) is 0 Å². The van der Waals surface area contributed by atoms with E-state index in [1.54, 1.807) is 17.4 Å². The van der Waals surface area contributed by atoms with Gasteiger partial charge in [-0.05, 0) is 17.5 Å². The van der Waals surface area contributed by atoms with Crippen LogP contribution in [0.25, 0.3) is 6.08 Å². The summed E-state index contributed by atoms with van der Waals surface area (Å²) in [6.45, 7) is 5.90. The molecule has 0 radical (unpaired) electrons. The van der Waals surface area contributed by atoms with Gasteiger partial charge in [-0.15, -0.1) is 11.3 Å². The highest BCUT2D eigenvalue weighted by Gasteiger charge is 2.24. The molecule has 0 aromatic carbocycles. The first-order valence-electron chi connectivity index (χ1n) is 8.31. The minimum Gasteiger partial charge on any atom is -0.378 e. The van der Waals surface area contributed by atoms with Crippen molar-refractivity contribution < 1.29 is 14.3 Å². The van der Waals surface area contributed by atoms with E-state index in [1.165, 1.54) is 0 Å². The Morgan fingerprint density at radius 2 is 1.83 bits per heavy atom. The zero-order chi connectivity index (χ0) is 16.8. The van der Waals surface area contributed by atoms with Crippen LogP contribution in [-0.4, -0.2) is 85.5 Å². The van der Waals surface area contributed by atoms with E-state index in [0.29, 0.717) is 45.9 Å². The van der Waals surface area contributed by atoms with E-state index < -0.39 is 0 Å². The van der Waals surface area contributed by atoms with Gasteiger partial charge >= 0.3 is 0 Å². The topological polar surface area (TPSA) is 53.1 Å². The van der Waals surface area contributed by atoms with Gasteiger partial charge in [-0.2, -0.15) is 0 Å². The van der Waals surface area contributed by atoms with Gasteiger partial charge in [0.15, 0.2) is 0 Å². The molecule has 130 valence electrons. The molecule has 2 aliphatic heterocycles. The summed E-state index contributed by atoms with van der Waals surface area (Å²) in [4.78, 5) is 31.4. The maximum atomic E-state index is 12.3. The smallest absolute Gasteiger partial charge is 0.246 e. The molecule has 0 spiro atoms. The molecule has 2 fully saturated rings. The highest BCUT2D eigenvalue weighted by atomic mass is 32.1. The van der Waals surface area contributed by atoms with E-state index in [1.807, 2.05) is 33.4 Å². The fourth-order valence-corrected chi connectivity index (χ4v) is 3.49. The van der Waals surface area contributed by atoms with Gasteiger partial charge in [0.25, 0.3) is 0 Å². The SMILES string of the molecule is O=C(/C=C/c1cccs1)N1CCN(CC(=O)N2CCOCC2)CC1. The van der Waals surface area contributed by atoms with Crippen LogP contribution in [0.15, 0.2) is 23.6 Å². The average molecular weight is 349 g/mol. The molecule has 6 nitrogen and oxygen atoms in total. The molecule has 1 aromatic rings. The van der Waals surface area contributed by atoms with Crippen molar-refractivity contribution in [1.29, 1.82) is 0 Å². The summed E-state index contributed by atoms with van der Waals surface area (Å²) >= 11 is 1.62. The molecule has 0 N–H and O–H groups in total. The number of nitrogens with zero attached hydrogens (tertiary/aromatic N) is 3. The molecule has 0 unspecified atom stereocenters. The number of hydrogen-bond acceptors (Lipinski definition) is 5. The van der Waals surface area contributed by atoms with E-state index in [9.17, 15) is 9.59 Å². The molecule has 3 heterocycles. The van der Waals surface area contributed by atoms with Crippen molar-refractivity contribution in [2.24, 2.45) is 0 Å². The second kappa shape index (κ2) is 8.41. The number of ether oxygens (including phenoxy) is 1. The normalized spacial score (nSPS) is 19.8. The van der Waals surface area contributed by atoms with E-state index >= 15 is 0 Å². The monoisotopic (exact) mass is 349 g/mol. The zero-order valence-electron chi connectivity index (χ0n) is 13.7. The third-order valence-corrected chi connectivity index (χ3v) is 5.18. The lowest BCUT2D eigenvalue weighted by Gasteiger charge is -2.35. The molecule has 3 rings (SSSR count).